The fourth-order valence-corrected chi connectivity index (χ4v) is 2.70. The molecule has 0 unspecified atom stereocenters. The monoisotopic (exact) mass is 346 g/mol. The highest BCUT2D eigenvalue weighted by Gasteiger charge is 2.15. The number of hydrogen-bond acceptors (Lipinski definition) is 3. The average molecular weight is 347 g/mol. The number of fused-ring (bicyclic) bond motifs is 1. The molecule has 1 heterocycles. The molecule has 0 atom stereocenters. The largest absolute Gasteiger partial charge is 0.489 e. The second kappa shape index (κ2) is 5.77. The van der Waals surface area contributed by atoms with Gasteiger partial charge in [0.05, 0.1) is 0 Å². The number of anilines is 2. The Balaban J connectivity index is 1.74. The molecule has 2 aromatic rings. The van der Waals surface area contributed by atoms with Gasteiger partial charge in [0.1, 0.15) is 12.4 Å². The molecule has 0 spiro atoms. The lowest BCUT2D eigenvalue weighted by molar-refractivity contribution is -0.116. The van der Waals surface area contributed by atoms with Gasteiger partial charge in [-0.25, -0.2) is 0 Å². The minimum Gasteiger partial charge on any atom is -0.489 e. The number of ether oxygens (including phenoxy) is 1. The molecule has 3 N–H and O–H groups in total. The van der Waals surface area contributed by atoms with E-state index in [9.17, 15) is 4.79 Å². The Morgan fingerprint density at radius 1 is 1.24 bits per heavy atom. The number of halogens is 1. The molecule has 0 saturated carbocycles. The van der Waals surface area contributed by atoms with Gasteiger partial charge in [-0.3, -0.25) is 4.79 Å². The van der Waals surface area contributed by atoms with Gasteiger partial charge in [-0.2, -0.15) is 0 Å². The van der Waals surface area contributed by atoms with Crippen molar-refractivity contribution < 1.29 is 9.53 Å². The Kier molecular flexibility index (Phi) is 3.84. The molecule has 1 aliphatic rings. The highest BCUT2D eigenvalue weighted by molar-refractivity contribution is 9.10. The first-order valence-electron chi connectivity index (χ1n) is 6.72. The van der Waals surface area contributed by atoms with Gasteiger partial charge in [-0.05, 0) is 52.2 Å². The molecule has 21 heavy (non-hydrogen) atoms. The van der Waals surface area contributed by atoms with Crippen LogP contribution in [0.1, 0.15) is 17.5 Å². The number of hydrogen-bond donors (Lipinski definition) is 2. The minimum atomic E-state index is 0.0693. The van der Waals surface area contributed by atoms with E-state index in [0.29, 0.717) is 18.7 Å². The minimum absolute atomic E-state index is 0.0693. The SMILES string of the molecule is Nc1cccc(COc2ccc3c(c2)CCC(=O)N3)c1Br. The molecule has 1 amide bonds. The molecule has 0 saturated heterocycles. The third-order valence-electron chi connectivity index (χ3n) is 3.48. The summed E-state index contributed by atoms with van der Waals surface area (Å²) in [6.07, 6.45) is 1.28. The van der Waals surface area contributed by atoms with Crippen LogP contribution in [0.3, 0.4) is 0 Å². The maximum Gasteiger partial charge on any atom is 0.224 e. The summed E-state index contributed by atoms with van der Waals surface area (Å²) in [6, 6.07) is 11.4. The van der Waals surface area contributed by atoms with Crippen LogP contribution in [0.15, 0.2) is 40.9 Å². The topological polar surface area (TPSA) is 64.3 Å². The van der Waals surface area contributed by atoms with Crippen molar-refractivity contribution >= 4 is 33.2 Å². The fourth-order valence-electron chi connectivity index (χ4n) is 2.32. The van der Waals surface area contributed by atoms with Crippen molar-refractivity contribution in [3.8, 4) is 5.75 Å². The van der Waals surface area contributed by atoms with E-state index in [1.165, 1.54) is 0 Å². The zero-order valence-corrected chi connectivity index (χ0v) is 12.9. The van der Waals surface area contributed by atoms with E-state index in [4.69, 9.17) is 10.5 Å². The molecule has 1 aliphatic heterocycles. The first-order chi connectivity index (χ1) is 10.1. The fraction of sp³-hybridized carbons (Fsp3) is 0.188. The Morgan fingerprint density at radius 2 is 2.10 bits per heavy atom. The van der Waals surface area contributed by atoms with Gasteiger partial charge >= 0.3 is 0 Å². The van der Waals surface area contributed by atoms with Crippen molar-refractivity contribution in [2.24, 2.45) is 0 Å². The third kappa shape index (κ3) is 3.03. The van der Waals surface area contributed by atoms with Crippen molar-refractivity contribution in [3.05, 3.63) is 52.0 Å². The first-order valence-corrected chi connectivity index (χ1v) is 7.51. The zero-order valence-electron chi connectivity index (χ0n) is 11.4. The van der Waals surface area contributed by atoms with Crippen LogP contribution in [-0.4, -0.2) is 5.91 Å². The van der Waals surface area contributed by atoms with Gasteiger partial charge in [0.25, 0.3) is 0 Å². The van der Waals surface area contributed by atoms with E-state index in [1.807, 2.05) is 36.4 Å². The zero-order chi connectivity index (χ0) is 14.8. The highest BCUT2D eigenvalue weighted by Crippen LogP contribution is 2.29. The molecule has 5 heteroatoms. The Labute approximate surface area is 131 Å². The first kappa shape index (κ1) is 13.9. The Hall–Kier alpha value is -2.01. The number of nitrogens with one attached hydrogen (secondary N) is 1. The molecule has 4 nitrogen and oxygen atoms in total. The average Bonchev–Trinajstić information content (AvgIpc) is 2.49. The Bertz CT molecular complexity index is 701. The lowest BCUT2D eigenvalue weighted by Gasteiger charge is -2.18. The van der Waals surface area contributed by atoms with E-state index >= 15 is 0 Å². The van der Waals surface area contributed by atoms with Gasteiger partial charge in [-0.15, -0.1) is 0 Å². The molecule has 0 fully saturated rings. The molecule has 2 aromatic carbocycles. The van der Waals surface area contributed by atoms with Gasteiger partial charge < -0.3 is 15.8 Å². The van der Waals surface area contributed by atoms with Crippen molar-refractivity contribution in [2.75, 3.05) is 11.1 Å². The van der Waals surface area contributed by atoms with Crippen LogP contribution >= 0.6 is 15.9 Å². The van der Waals surface area contributed by atoms with Crippen LogP contribution in [0.25, 0.3) is 0 Å². The van der Waals surface area contributed by atoms with E-state index in [-0.39, 0.29) is 5.91 Å². The molecule has 108 valence electrons. The summed E-state index contributed by atoms with van der Waals surface area (Å²) in [5.74, 6) is 0.860. The standard InChI is InChI=1S/C16H15BrN2O2/c17-16-11(2-1-3-13(16)18)9-21-12-5-6-14-10(8-12)4-7-15(20)19-14/h1-3,5-6,8H,4,7,9,18H2,(H,19,20). The lowest BCUT2D eigenvalue weighted by atomic mass is 10.0. The summed E-state index contributed by atoms with van der Waals surface area (Å²) in [5, 5.41) is 2.86. The summed E-state index contributed by atoms with van der Waals surface area (Å²) in [5.41, 5.74) is 9.54. The van der Waals surface area contributed by atoms with Crippen LogP contribution in [0.5, 0.6) is 5.75 Å². The number of rotatable bonds is 3. The normalized spacial score (nSPS) is 13.5. The van der Waals surface area contributed by atoms with Crippen molar-refractivity contribution in [3.63, 3.8) is 0 Å². The lowest BCUT2D eigenvalue weighted by Crippen LogP contribution is -2.18. The number of aryl methyl sites for hydroxylation is 1. The number of nitrogens with two attached hydrogens (primary N) is 1. The third-order valence-corrected chi connectivity index (χ3v) is 4.44. The number of amides is 1. The van der Waals surface area contributed by atoms with Crippen molar-refractivity contribution in [2.45, 2.75) is 19.4 Å². The number of carbonyl (C=O) groups excluding carboxylic acids is 1. The number of benzene rings is 2. The second-order valence-corrected chi connectivity index (χ2v) is 5.77. The van der Waals surface area contributed by atoms with Crippen LogP contribution in [-0.2, 0) is 17.8 Å². The second-order valence-electron chi connectivity index (χ2n) is 4.98. The van der Waals surface area contributed by atoms with Gasteiger partial charge in [0.2, 0.25) is 5.91 Å². The summed E-state index contributed by atoms with van der Waals surface area (Å²) in [6.45, 7) is 0.441. The van der Waals surface area contributed by atoms with Crippen LogP contribution in [0.4, 0.5) is 11.4 Å². The van der Waals surface area contributed by atoms with Gasteiger partial charge in [-0.1, -0.05) is 12.1 Å². The predicted molar refractivity (Wildman–Crippen MR) is 86.3 cm³/mol. The quantitative estimate of drug-likeness (QED) is 0.836. The maximum atomic E-state index is 11.3. The number of nitrogen functional groups attached to an aromatic ring is 1. The Morgan fingerprint density at radius 3 is 2.95 bits per heavy atom. The maximum absolute atomic E-state index is 11.3. The molecule has 0 aliphatic carbocycles. The van der Waals surface area contributed by atoms with Gasteiger partial charge in [0.15, 0.2) is 0 Å². The predicted octanol–water partition coefficient (Wildman–Crippen LogP) is 3.50. The summed E-state index contributed by atoms with van der Waals surface area (Å²) in [4.78, 5) is 11.3. The van der Waals surface area contributed by atoms with Crippen LogP contribution in [0.2, 0.25) is 0 Å². The summed E-state index contributed by atoms with van der Waals surface area (Å²) < 4.78 is 6.69. The van der Waals surface area contributed by atoms with Crippen LogP contribution < -0.4 is 15.8 Å². The van der Waals surface area contributed by atoms with Gasteiger partial charge in [0, 0.05) is 27.8 Å². The molecule has 0 radical (unpaired) electrons. The highest BCUT2D eigenvalue weighted by atomic mass is 79.9. The molecule has 0 bridgehead atoms. The molecular weight excluding hydrogens is 332 g/mol. The van der Waals surface area contributed by atoms with E-state index in [1.54, 1.807) is 0 Å². The van der Waals surface area contributed by atoms with E-state index in [0.717, 1.165) is 33.5 Å². The molecule has 0 aromatic heterocycles. The number of carbonyl (C=O) groups is 1. The smallest absolute Gasteiger partial charge is 0.224 e. The molecular formula is C16H15BrN2O2. The van der Waals surface area contributed by atoms with Crippen LogP contribution in [0, 0.1) is 0 Å². The summed E-state index contributed by atoms with van der Waals surface area (Å²) in [7, 11) is 0. The van der Waals surface area contributed by atoms with E-state index < -0.39 is 0 Å². The molecule has 3 rings (SSSR count). The summed E-state index contributed by atoms with van der Waals surface area (Å²) >= 11 is 3.47. The van der Waals surface area contributed by atoms with Crippen molar-refractivity contribution in [1.29, 1.82) is 0 Å². The van der Waals surface area contributed by atoms with Crippen molar-refractivity contribution in [1.82, 2.24) is 0 Å². The van der Waals surface area contributed by atoms with E-state index in [2.05, 4.69) is 21.2 Å².